The SMILES string of the molecule is CCCNC(c1ccncc1C)c1c(Br)cnn1CC. The van der Waals surface area contributed by atoms with Gasteiger partial charge in [0, 0.05) is 18.9 Å². The average molecular weight is 337 g/mol. The van der Waals surface area contributed by atoms with E-state index >= 15 is 0 Å². The molecule has 4 nitrogen and oxygen atoms in total. The molecule has 0 amide bonds. The summed E-state index contributed by atoms with van der Waals surface area (Å²) in [4.78, 5) is 4.19. The minimum Gasteiger partial charge on any atom is -0.305 e. The van der Waals surface area contributed by atoms with Gasteiger partial charge in [-0.25, -0.2) is 0 Å². The second-order valence-electron chi connectivity index (χ2n) is 4.81. The molecule has 0 aliphatic heterocycles. The number of nitrogens with zero attached hydrogens (tertiary/aromatic N) is 3. The molecule has 0 fully saturated rings. The van der Waals surface area contributed by atoms with Crippen LogP contribution in [0.5, 0.6) is 0 Å². The fourth-order valence-corrected chi connectivity index (χ4v) is 2.89. The van der Waals surface area contributed by atoms with Crippen LogP contribution in [0.4, 0.5) is 0 Å². The summed E-state index contributed by atoms with van der Waals surface area (Å²) < 4.78 is 3.08. The molecular formula is C15H21BrN4. The zero-order chi connectivity index (χ0) is 14.5. The monoisotopic (exact) mass is 336 g/mol. The molecule has 2 aromatic heterocycles. The number of aromatic nitrogens is 3. The van der Waals surface area contributed by atoms with Gasteiger partial charge in [0.05, 0.1) is 22.4 Å². The predicted molar refractivity (Wildman–Crippen MR) is 84.7 cm³/mol. The van der Waals surface area contributed by atoms with E-state index in [0.717, 1.165) is 24.0 Å². The number of pyridine rings is 1. The fourth-order valence-electron chi connectivity index (χ4n) is 2.36. The van der Waals surface area contributed by atoms with Gasteiger partial charge in [0.25, 0.3) is 0 Å². The second-order valence-corrected chi connectivity index (χ2v) is 5.67. The van der Waals surface area contributed by atoms with Crippen LogP contribution in [0.2, 0.25) is 0 Å². The van der Waals surface area contributed by atoms with Crippen molar-refractivity contribution in [3.05, 3.63) is 46.0 Å². The fraction of sp³-hybridized carbons (Fsp3) is 0.467. The maximum Gasteiger partial charge on any atom is 0.0763 e. The highest BCUT2D eigenvalue weighted by Gasteiger charge is 2.22. The van der Waals surface area contributed by atoms with Crippen molar-refractivity contribution < 1.29 is 0 Å². The lowest BCUT2D eigenvalue weighted by atomic mass is 10.0. The van der Waals surface area contributed by atoms with Crippen LogP contribution in [0.15, 0.2) is 29.1 Å². The van der Waals surface area contributed by atoms with Crippen LogP contribution in [0.3, 0.4) is 0 Å². The van der Waals surface area contributed by atoms with Gasteiger partial charge >= 0.3 is 0 Å². The van der Waals surface area contributed by atoms with Gasteiger partial charge in [-0.2, -0.15) is 5.10 Å². The van der Waals surface area contributed by atoms with Crippen molar-refractivity contribution in [1.29, 1.82) is 0 Å². The first kappa shape index (κ1) is 15.2. The third-order valence-electron chi connectivity index (χ3n) is 3.38. The molecule has 1 atom stereocenters. The quantitative estimate of drug-likeness (QED) is 0.878. The topological polar surface area (TPSA) is 42.7 Å². The third kappa shape index (κ3) is 3.10. The Morgan fingerprint density at radius 1 is 1.35 bits per heavy atom. The maximum atomic E-state index is 4.43. The van der Waals surface area contributed by atoms with E-state index in [1.807, 2.05) is 23.3 Å². The summed E-state index contributed by atoms with van der Waals surface area (Å²) in [6.07, 6.45) is 6.73. The van der Waals surface area contributed by atoms with Gasteiger partial charge in [0.2, 0.25) is 0 Å². The van der Waals surface area contributed by atoms with Crippen molar-refractivity contribution in [1.82, 2.24) is 20.1 Å². The first-order chi connectivity index (χ1) is 9.69. The number of aryl methyl sites for hydroxylation is 2. The van der Waals surface area contributed by atoms with Crippen molar-refractivity contribution >= 4 is 15.9 Å². The molecule has 2 heterocycles. The van der Waals surface area contributed by atoms with Gasteiger partial charge in [-0.05, 0) is 59.9 Å². The van der Waals surface area contributed by atoms with E-state index in [9.17, 15) is 0 Å². The second kappa shape index (κ2) is 6.99. The lowest BCUT2D eigenvalue weighted by Gasteiger charge is -2.22. The van der Waals surface area contributed by atoms with Gasteiger partial charge in [-0.3, -0.25) is 9.67 Å². The minimum atomic E-state index is 0.134. The van der Waals surface area contributed by atoms with Gasteiger partial charge < -0.3 is 5.32 Å². The van der Waals surface area contributed by atoms with E-state index in [0.29, 0.717) is 0 Å². The minimum absolute atomic E-state index is 0.134. The Hall–Kier alpha value is -1.20. The van der Waals surface area contributed by atoms with Crippen molar-refractivity contribution in [3.63, 3.8) is 0 Å². The number of hydrogen-bond acceptors (Lipinski definition) is 3. The summed E-state index contributed by atoms with van der Waals surface area (Å²) in [6.45, 7) is 8.21. The smallest absolute Gasteiger partial charge is 0.0763 e. The molecule has 1 N–H and O–H groups in total. The van der Waals surface area contributed by atoms with E-state index in [-0.39, 0.29) is 6.04 Å². The summed E-state index contributed by atoms with van der Waals surface area (Å²) in [5, 5.41) is 8.06. The summed E-state index contributed by atoms with van der Waals surface area (Å²) >= 11 is 3.63. The zero-order valence-electron chi connectivity index (χ0n) is 12.2. The average Bonchev–Trinajstić information content (AvgIpc) is 2.82. The Labute approximate surface area is 128 Å². The van der Waals surface area contributed by atoms with Crippen molar-refractivity contribution in [3.8, 4) is 0 Å². The first-order valence-electron chi connectivity index (χ1n) is 7.04. The highest BCUT2D eigenvalue weighted by molar-refractivity contribution is 9.10. The van der Waals surface area contributed by atoms with Crippen molar-refractivity contribution in [2.24, 2.45) is 0 Å². The van der Waals surface area contributed by atoms with E-state index in [1.54, 1.807) is 0 Å². The van der Waals surface area contributed by atoms with E-state index < -0.39 is 0 Å². The summed E-state index contributed by atoms with van der Waals surface area (Å²) in [5.41, 5.74) is 3.62. The number of nitrogens with one attached hydrogen (secondary N) is 1. The van der Waals surface area contributed by atoms with Crippen LogP contribution >= 0.6 is 15.9 Å². The summed E-state index contributed by atoms with van der Waals surface area (Å²) in [5.74, 6) is 0. The molecule has 0 aromatic carbocycles. The van der Waals surface area contributed by atoms with E-state index in [1.165, 1.54) is 16.8 Å². The molecule has 0 aliphatic carbocycles. The molecule has 0 bridgehead atoms. The first-order valence-corrected chi connectivity index (χ1v) is 7.83. The van der Waals surface area contributed by atoms with E-state index in [4.69, 9.17) is 0 Å². The van der Waals surface area contributed by atoms with Crippen molar-refractivity contribution in [2.75, 3.05) is 6.54 Å². The van der Waals surface area contributed by atoms with Crippen LogP contribution in [0.1, 0.15) is 43.1 Å². The van der Waals surface area contributed by atoms with Crippen LogP contribution in [0, 0.1) is 6.92 Å². The highest BCUT2D eigenvalue weighted by Crippen LogP contribution is 2.30. The lowest BCUT2D eigenvalue weighted by Crippen LogP contribution is -2.26. The van der Waals surface area contributed by atoms with Gasteiger partial charge in [-0.1, -0.05) is 6.92 Å². The number of rotatable bonds is 6. The van der Waals surface area contributed by atoms with E-state index in [2.05, 4.69) is 58.2 Å². The molecule has 1 unspecified atom stereocenters. The molecule has 0 aliphatic rings. The van der Waals surface area contributed by atoms with Gasteiger partial charge in [-0.15, -0.1) is 0 Å². The normalized spacial score (nSPS) is 12.6. The molecule has 20 heavy (non-hydrogen) atoms. The number of halogens is 1. The summed E-state index contributed by atoms with van der Waals surface area (Å²) in [7, 11) is 0. The molecular weight excluding hydrogens is 316 g/mol. The molecule has 0 saturated heterocycles. The largest absolute Gasteiger partial charge is 0.305 e. The van der Waals surface area contributed by atoms with Crippen LogP contribution in [-0.2, 0) is 6.54 Å². The predicted octanol–water partition coefficient (Wildman–Crippen LogP) is 3.46. The van der Waals surface area contributed by atoms with Crippen LogP contribution < -0.4 is 5.32 Å². The van der Waals surface area contributed by atoms with Crippen LogP contribution in [-0.4, -0.2) is 21.3 Å². The molecule has 0 radical (unpaired) electrons. The Bertz CT molecular complexity index is 565. The van der Waals surface area contributed by atoms with Gasteiger partial charge in [0.1, 0.15) is 0 Å². The standard InChI is InChI=1S/C15H21BrN4/c1-4-7-18-14(12-6-8-17-9-11(12)3)15-13(16)10-19-20(15)5-2/h6,8-10,14,18H,4-5,7H2,1-3H3. The van der Waals surface area contributed by atoms with Crippen molar-refractivity contribution in [2.45, 2.75) is 39.8 Å². The molecule has 5 heteroatoms. The maximum absolute atomic E-state index is 4.43. The molecule has 0 saturated carbocycles. The Balaban J connectivity index is 2.47. The summed E-state index contributed by atoms with van der Waals surface area (Å²) in [6, 6.07) is 2.22. The van der Waals surface area contributed by atoms with Crippen LogP contribution in [0.25, 0.3) is 0 Å². The van der Waals surface area contributed by atoms with Gasteiger partial charge in [0.15, 0.2) is 0 Å². The Kier molecular flexibility index (Phi) is 5.31. The number of hydrogen-bond donors (Lipinski definition) is 1. The zero-order valence-corrected chi connectivity index (χ0v) is 13.8. The molecule has 108 valence electrons. The Morgan fingerprint density at radius 2 is 2.15 bits per heavy atom. The molecule has 2 aromatic rings. The Morgan fingerprint density at radius 3 is 2.80 bits per heavy atom. The third-order valence-corrected chi connectivity index (χ3v) is 3.99. The molecule has 2 rings (SSSR count). The highest BCUT2D eigenvalue weighted by atomic mass is 79.9. The molecule has 0 spiro atoms. The lowest BCUT2D eigenvalue weighted by molar-refractivity contribution is 0.526.